The third-order valence-corrected chi connectivity index (χ3v) is 5.45. The van der Waals surface area contributed by atoms with Crippen LogP contribution in [0.4, 0.5) is 5.69 Å². The maximum Gasteiger partial charge on any atom is 0.279 e. The van der Waals surface area contributed by atoms with Gasteiger partial charge < -0.3 is 15.1 Å². The number of hydrogen-bond acceptors (Lipinski definition) is 2. The second-order valence-corrected chi connectivity index (χ2v) is 7.61. The number of benzene rings is 2. The topological polar surface area (TPSA) is 53.9 Å². The van der Waals surface area contributed by atoms with Gasteiger partial charge in [0.1, 0.15) is 0 Å². The summed E-state index contributed by atoms with van der Waals surface area (Å²) in [6, 6.07) is 16.1. The van der Waals surface area contributed by atoms with Gasteiger partial charge in [-0.3, -0.25) is 9.59 Å². The fourth-order valence-electron chi connectivity index (χ4n) is 3.73. The highest BCUT2D eigenvalue weighted by Gasteiger charge is 2.25. The third-order valence-electron chi connectivity index (χ3n) is 5.45. The number of para-hydroxylation sites is 1. The molecule has 2 amide bonds. The van der Waals surface area contributed by atoms with Crippen LogP contribution in [0.5, 0.6) is 0 Å². The first-order valence-electron chi connectivity index (χ1n) is 10.0. The number of hydrogen-bond donors (Lipinski definition) is 2. The standard InChI is InChI=1S/C23H29N3O2/c1-18-7-6-8-19(2)23(18)24-21(27)17-25-13-15-26(16-14-25)22(28)12-11-20-9-4-3-5-10-20/h3-10H,11-17H2,1-2H3,(H,24,27)/p+1. The Morgan fingerprint density at radius 2 is 1.61 bits per heavy atom. The van der Waals surface area contributed by atoms with Crippen LogP contribution in [0.1, 0.15) is 23.1 Å². The Hall–Kier alpha value is -2.66. The van der Waals surface area contributed by atoms with Gasteiger partial charge in [0, 0.05) is 12.1 Å². The number of carbonyl (C=O) groups is 2. The van der Waals surface area contributed by atoms with E-state index in [1.807, 2.05) is 55.1 Å². The Labute approximate surface area is 167 Å². The maximum atomic E-state index is 12.5. The lowest BCUT2D eigenvalue weighted by molar-refractivity contribution is -0.895. The number of amides is 2. The van der Waals surface area contributed by atoms with E-state index in [1.54, 1.807) is 0 Å². The van der Waals surface area contributed by atoms with Crippen LogP contribution in [0.2, 0.25) is 0 Å². The normalized spacial score (nSPS) is 14.7. The summed E-state index contributed by atoms with van der Waals surface area (Å²) in [5, 5.41) is 3.06. The molecule has 0 aromatic heterocycles. The van der Waals surface area contributed by atoms with Gasteiger partial charge in [0.2, 0.25) is 5.91 Å². The van der Waals surface area contributed by atoms with Gasteiger partial charge in [0.25, 0.3) is 5.91 Å². The summed E-state index contributed by atoms with van der Waals surface area (Å²) >= 11 is 0. The zero-order valence-electron chi connectivity index (χ0n) is 16.8. The van der Waals surface area contributed by atoms with Gasteiger partial charge >= 0.3 is 0 Å². The summed E-state index contributed by atoms with van der Waals surface area (Å²) in [6.07, 6.45) is 1.33. The molecule has 1 saturated heterocycles. The number of aryl methyl sites for hydroxylation is 3. The summed E-state index contributed by atoms with van der Waals surface area (Å²) in [7, 11) is 0. The molecule has 0 atom stereocenters. The van der Waals surface area contributed by atoms with Crippen molar-refractivity contribution in [1.82, 2.24) is 4.90 Å². The molecule has 1 aliphatic rings. The largest absolute Gasteiger partial charge is 0.331 e. The number of carbonyl (C=O) groups excluding carboxylic acids is 2. The van der Waals surface area contributed by atoms with Crippen molar-refractivity contribution < 1.29 is 14.5 Å². The molecule has 0 radical (unpaired) electrons. The van der Waals surface area contributed by atoms with E-state index in [0.717, 1.165) is 49.4 Å². The highest BCUT2D eigenvalue weighted by atomic mass is 16.2. The van der Waals surface area contributed by atoms with Gasteiger partial charge in [-0.25, -0.2) is 0 Å². The van der Waals surface area contributed by atoms with E-state index in [2.05, 4.69) is 17.4 Å². The summed E-state index contributed by atoms with van der Waals surface area (Å²) in [5.74, 6) is 0.249. The van der Waals surface area contributed by atoms with Crippen molar-refractivity contribution in [3.05, 3.63) is 65.2 Å². The molecule has 1 aliphatic heterocycles. The quantitative estimate of drug-likeness (QED) is 0.800. The van der Waals surface area contributed by atoms with Crippen molar-refractivity contribution in [1.29, 1.82) is 0 Å². The van der Waals surface area contributed by atoms with Gasteiger partial charge in [-0.05, 0) is 37.0 Å². The monoisotopic (exact) mass is 380 g/mol. The van der Waals surface area contributed by atoms with Gasteiger partial charge in [0.15, 0.2) is 6.54 Å². The van der Waals surface area contributed by atoms with Crippen molar-refractivity contribution in [2.75, 3.05) is 38.0 Å². The lowest BCUT2D eigenvalue weighted by atomic mass is 10.1. The lowest BCUT2D eigenvalue weighted by Gasteiger charge is -2.32. The van der Waals surface area contributed by atoms with E-state index in [0.29, 0.717) is 13.0 Å². The molecule has 0 saturated carbocycles. The van der Waals surface area contributed by atoms with Crippen molar-refractivity contribution in [3.8, 4) is 0 Å². The predicted octanol–water partition coefficient (Wildman–Crippen LogP) is 1.60. The van der Waals surface area contributed by atoms with Crippen LogP contribution in [0.25, 0.3) is 0 Å². The first kappa shape index (κ1) is 20.1. The minimum atomic E-state index is 0.0382. The number of rotatable bonds is 6. The number of piperazine rings is 1. The Morgan fingerprint density at radius 3 is 2.25 bits per heavy atom. The number of anilines is 1. The smallest absolute Gasteiger partial charge is 0.279 e. The van der Waals surface area contributed by atoms with E-state index < -0.39 is 0 Å². The van der Waals surface area contributed by atoms with Crippen molar-refractivity contribution in [2.45, 2.75) is 26.7 Å². The Morgan fingerprint density at radius 1 is 0.964 bits per heavy atom. The molecule has 1 heterocycles. The minimum absolute atomic E-state index is 0.0382. The maximum absolute atomic E-state index is 12.5. The number of nitrogens with one attached hydrogen (secondary N) is 2. The molecule has 0 aliphatic carbocycles. The van der Waals surface area contributed by atoms with Crippen LogP contribution >= 0.6 is 0 Å². The molecule has 3 rings (SSSR count). The molecule has 0 bridgehead atoms. The highest BCUT2D eigenvalue weighted by Crippen LogP contribution is 2.18. The first-order chi connectivity index (χ1) is 13.5. The lowest BCUT2D eigenvalue weighted by Crippen LogP contribution is -3.15. The molecular formula is C23H30N3O2+. The van der Waals surface area contributed by atoms with Crippen LogP contribution in [-0.4, -0.2) is 49.4 Å². The first-order valence-corrected chi connectivity index (χ1v) is 10.0. The average Bonchev–Trinajstić information content (AvgIpc) is 2.70. The summed E-state index contributed by atoms with van der Waals surface area (Å²) in [5.41, 5.74) is 4.28. The minimum Gasteiger partial charge on any atom is -0.331 e. The molecule has 2 aromatic carbocycles. The zero-order chi connectivity index (χ0) is 19.9. The average molecular weight is 381 g/mol. The van der Waals surface area contributed by atoms with Crippen molar-refractivity contribution >= 4 is 17.5 Å². The molecule has 0 spiro atoms. The molecule has 28 heavy (non-hydrogen) atoms. The van der Waals surface area contributed by atoms with Crippen LogP contribution in [0.3, 0.4) is 0 Å². The molecule has 2 N–H and O–H groups in total. The highest BCUT2D eigenvalue weighted by molar-refractivity contribution is 5.93. The van der Waals surface area contributed by atoms with Crippen LogP contribution in [-0.2, 0) is 16.0 Å². The predicted molar refractivity (Wildman–Crippen MR) is 111 cm³/mol. The second kappa shape index (κ2) is 9.51. The summed E-state index contributed by atoms with van der Waals surface area (Å²) < 4.78 is 0. The van der Waals surface area contributed by atoms with Crippen LogP contribution < -0.4 is 10.2 Å². The van der Waals surface area contributed by atoms with Crippen molar-refractivity contribution in [3.63, 3.8) is 0 Å². The van der Waals surface area contributed by atoms with Gasteiger partial charge in [0.05, 0.1) is 26.2 Å². The third kappa shape index (κ3) is 5.42. The van der Waals surface area contributed by atoms with E-state index in [-0.39, 0.29) is 11.8 Å². The Bertz CT molecular complexity index is 792. The van der Waals surface area contributed by atoms with E-state index in [9.17, 15) is 9.59 Å². The molecule has 1 fully saturated rings. The summed E-state index contributed by atoms with van der Waals surface area (Å²) in [4.78, 5) is 28.1. The van der Waals surface area contributed by atoms with E-state index >= 15 is 0 Å². The fourth-order valence-corrected chi connectivity index (χ4v) is 3.73. The fraction of sp³-hybridized carbons (Fsp3) is 0.391. The van der Waals surface area contributed by atoms with E-state index in [4.69, 9.17) is 0 Å². The molecule has 2 aromatic rings. The van der Waals surface area contributed by atoms with E-state index in [1.165, 1.54) is 10.5 Å². The second-order valence-electron chi connectivity index (χ2n) is 7.61. The zero-order valence-corrected chi connectivity index (χ0v) is 16.8. The van der Waals surface area contributed by atoms with Gasteiger partial charge in [-0.2, -0.15) is 0 Å². The molecule has 0 unspecified atom stereocenters. The molecule has 5 nitrogen and oxygen atoms in total. The summed E-state index contributed by atoms with van der Waals surface area (Å²) in [6.45, 7) is 7.54. The molecule has 148 valence electrons. The molecule has 5 heteroatoms. The molecular weight excluding hydrogens is 350 g/mol. The van der Waals surface area contributed by atoms with Gasteiger partial charge in [-0.15, -0.1) is 0 Å². The van der Waals surface area contributed by atoms with Crippen molar-refractivity contribution in [2.24, 2.45) is 0 Å². The van der Waals surface area contributed by atoms with Crippen LogP contribution in [0, 0.1) is 13.8 Å². The number of nitrogens with zero attached hydrogens (tertiary/aromatic N) is 1. The number of quaternary nitrogens is 1. The van der Waals surface area contributed by atoms with Gasteiger partial charge in [-0.1, -0.05) is 48.5 Å². The Kier molecular flexibility index (Phi) is 6.82. The SMILES string of the molecule is Cc1cccc(C)c1NC(=O)C[NH+]1CCN(C(=O)CCc2ccccc2)CC1. The Balaban J connectivity index is 1.42. The van der Waals surface area contributed by atoms with Crippen LogP contribution in [0.15, 0.2) is 48.5 Å².